The highest BCUT2D eigenvalue weighted by Gasteiger charge is 2.24. The number of rotatable bonds is 12. The molecule has 0 aliphatic carbocycles. The second-order valence-corrected chi connectivity index (χ2v) is 15.3. The molecule has 0 spiro atoms. The topological polar surface area (TPSA) is 201 Å². The molecule has 0 radical (unpaired) electrons. The standard InChI is InChI=1S/C46H41N11O4/c1-27(58)52-31-16-11-17-32(20-31)53-43-38-35(40(60)29-14-9-6-10-15-29)24-57(44(38)51-26-50-43)23-30-18-19-33(54-45(61)56-46(2,3)4)21-36(30)55-42-37-34(22-47-41(37)48-25-49-42)39(59)28-12-7-5-8-13-28/h5-22,24-26H,23H2,1-4H3,(H,52,58)(H,50,51,53)(H2,54,56,61)(H2,47,48,49,55). The average Bonchev–Trinajstić information content (AvgIpc) is 3.84. The molecule has 0 saturated carbocycles. The van der Waals surface area contributed by atoms with E-state index >= 15 is 0 Å². The van der Waals surface area contributed by atoms with Gasteiger partial charge in [0.05, 0.1) is 28.4 Å². The van der Waals surface area contributed by atoms with Crippen LogP contribution in [0.5, 0.6) is 0 Å². The first-order valence-corrected chi connectivity index (χ1v) is 19.4. The predicted molar refractivity (Wildman–Crippen MR) is 236 cm³/mol. The van der Waals surface area contributed by atoms with Gasteiger partial charge in [0.15, 0.2) is 11.6 Å². The molecule has 6 N–H and O–H groups in total. The number of benzene rings is 4. The fourth-order valence-electron chi connectivity index (χ4n) is 6.97. The van der Waals surface area contributed by atoms with E-state index in [-0.39, 0.29) is 24.0 Å². The molecule has 3 amide bonds. The quantitative estimate of drug-likeness (QED) is 0.0649. The third kappa shape index (κ3) is 8.80. The maximum atomic E-state index is 14.3. The number of hydrogen-bond donors (Lipinski definition) is 6. The number of nitrogens with one attached hydrogen (secondary N) is 6. The number of hydrogen-bond acceptors (Lipinski definition) is 10. The molecule has 0 aliphatic heterocycles. The van der Waals surface area contributed by atoms with Crippen LogP contribution in [0.3, 0.4) is 0 Å². The third-order valence-corrected chi connectivity index (χ3v) is 9.58. The Morgan fingerprint density at radius 2 is 1.30 bits per heavy atom. The zero-order chi connectivity index (χ0) is 42.7. The molecule has 0 atom stereocenters. The fraction of sp³-hybridized carbons (Fsp3) is 0.130. The van der Waals surface area contributed by atoms with Crippen LogP contribution in [-0.2, 0) is 11.3 Å². The fourth-order valence-corrected chi connectivity index (χ4v) is 6.97. The number of carbonyl (C=O) groups is 4. The normalized spacial score (nSPS) is 11.3. The number of carbonyl (C=O) groups excluding carboxylic acids is 4. The van der Waals surface area contributed by atoms with Gasteiger partial charge in [-0.1, -0.05) is 72.8 Å². The van der Waals surface area contributed by atoms with E-state index in [1.54, 1.807) is 91.3 Å². The lowest BCUT2D eigenvalue weighted by Crippen LogP contribution is -2.43. The lowest BCUT2D eigenvalue weighted by atomic mass is 10.0. The molecule has 0 aliphatic rings. The summed E-state index contributed by atoms with van der Waals surface area (Å²) in [6, 6.07) is 30.1. The van der Waals surface area contributed by atoms with Crippen LogP contribution in [0.4, 0.5) is 39.2 Å². The minimum absolute atomic E-state index is 0.195. The van der Waals surface area contributed by atoms with Crippen molar-refractivity contribution in [1.29, 1.82) is 0 Å². The van der Waals surface area contributed by atoms with Gasteiger partial charge in [-0.2, -0.15) is 0 Å². The molecule has 4 aromatic heterocycles. The molecule has 15 nitrogen and oxygen atoms in total. The molecule has 8 rings (SSSR count). The van der Waals surface area contributed by atoms with Crippen LogP contribution in [0, 0.1) is 0 Å². The Kier molecular flexibility index (Phi) is 10.8. The maximum Gasteiger partial charge on any atom is 0.319 e. The van der Waals surface area contributed by atoms with Gasteiger partial charge in [0.1, 0.15) is 35.6 Å². The molecule has 0 bridgehead atoms. The molecular formula is C46H41N11O4. The highest BCUT2D eigenvalue weighted by atomic mass is 16.2. The van der Waals surface area contributed by atoms with Crippen LogP contribution in [0.15, 0.2) is 128 Å². The van der Waals surface area contributed by atoms with E-state index in [0.717, 1.165) is 5.56 Å². The van der Waals surface area contributed by atoms with Crippen molar-refractivity contribution in [2.75, 3.05) is 21.3 Å². The lowest BCUT2D eigenvalue weighted by molar-refractivity contribution is -0.114. The van der Waals surface area contributed by atoms with E-state index in [2.05, 4.69) is 51.5 Å². The first-order chi connectivity index (χ1) is 29.4. The predicted octanol–water partition coefficient (Wildman–Crippen LogP) is 8.58. The summed E-state index contributed by atoms with van der Waals surface area (Å²) in [5, 5.41) is 16.4. The number of anilines is 6. The zero-order valence-corrected chi connectivity index (χ0v) is 33.7. The van der Waals surface area contributed by atoms with Crippen LogP contribution in [0.2, 0.25) is 0 Å². The molecule has 15 heteroatoms. The molecule has 0 unspecified atom stereocenters. The maximum absolute atomic E-state index is 14.3. The number of aromatic nitrogens is 6. The Labute approximate surface area is 350 Å². The summed E-state index contributed by atoms with van der Waals surface area (Å²) in [6.45, 7) is 7.30. The van der Waals surface area contributed by atoms with Crippen molar-refractivity contribution >= 4 is 80.0 Å². The Hall–Kier alpha value is -8.20. The first-order valence-electron chi connectivity index (χ1n) is 19.4. The number of urea groups is 1. The number of amides is 3. The van der Waals surface area contributed by atoms with Crippen molar-refractivity contribution in [2.45, 2.75) is 39.8 Å². The number of H-pyrrole nitrogens is 1. The minimum atomic E-state index is -0.484. The number of nitrogens with zero attached hydrogens (tertiary/aromatic N) is 5. The Balaban J connectivity index is 1.23. The Morgan fingerprint density at radius 1 is 0.656 bits per heavy atom. The van der Waals surface area contributed by atoms with Crippen LogP contribution >= 0.6 is 0 Å². The van der Waals surface area contributed by atoms with Crippen molar-refractivity contribution in [3.8, 4) is 0 Å². The van der Waals surface area contributed by atoms with Gasteiger partial charge in [-0.25, -0.2) is 24.7 Å². The summed E-state index contributed by atoms with van der Waals surface area (Å²) in [5.41, 5.74) is 5.16. The van der Waals surface area contributed by atoms with Crippen molar-refractivity contribution in [3.05, 3.63) is 156 Å². The summed E-state index contributed by atoms with van der Waals surface area (Å²) in [4.78, 5) is 74.3. The lowest BCUT2D eigenvalue weighted by Gasteiger charge is -2.21. The van der Waals surface area contributed by atoms with Gasteiger partial charge < -0.3 is 36.1 Å². The zero-order valence-electron chi connectivity index (χ0n) is 33.7. The Morgan fingerprint density at radius 3 is 1.98 bits per heavy atom. The van der Waals surface area contributed by atoms with Crippen molar-refractivity contribution in [2.24, 2.45) is 0 Å². The van der Waals surface area contributed by atoms with E-state index < -0.39 is 11.6 Å². The summed E-state index contributed by atoms with van der Waals surface area (Å²) >= 11 is 0. The van der Waals surface area contributed by atoms with Crippen LogP contribution < -0.4 is 26.6 Å². The van der Waals surface area contributed by atoms with Gasteiger partial charge >= 0.3 is 6.03 Å². The largest absolute Gasteiger partial charge is 0.345 e. The van der Waals surface area contributed by atoms with Gasteiger partial charge in [0.2, 0.25) is 5.91 Å². The summed E-state index contributed by atoms with van der Waals surface area (Å²) < 4.78 is 1.86. The SMILES string of the molecule is CC(=O)Nc1cccc(Nc2ncnc3c2c(C(=O)c2ccccc2)cn3Cc2ccc(NC(=O)NC(C)(C)C)cc2Nc2ncnc3[nH]cc(C(=O)c4ccccc4)c23)c1. The molecule has 304 valence electrons. The number of fused-ring (bicyclic) bond motifs is 2. The molecule has 4 aromatic carbocycles. The average molecular weight is 812 g/mol. The van der Waals surface area contributed by atoms with Gasteiger partial charge in [-0.15, -0.1) is 0 Å². The smallest absolute Gasteiger partial charge is 0.319 e. The van der Waals surface area contributed by atoms with E-state index in [9.17, 15) is 19.2 Å². The first kappa shape index (κ1) is 39.6. The van der Waals surface area contributed by atoms with Crippen LogP contribution in [-0.4, -0.2) is 58.5 Å². The van der Waals surface area contributed by atoms with E-state index in [1.165, 1.54) is 19.6 Å². The van der Waals surface area contributed by atoms with Crippen LogP contribution in [0.25, 0.3) is 22.1 Å². The summed E-state index contributed by atoms with van der Waals surface area (Å²) in [6.07, 6.45) is 6.19. The van der Waals surface area contributed by atoms with Gasteiger partial charge in [-0.3, -0.25) is 14.4 Å². The van der Waals surface area contributed by atoms with E-state index in [1.807, 2.05) is 49.6 Å². The molecular weight excluding hydrogens is 771 g/mol. The van der Waals surface area contributed by atoms with Gasteiger partial charge in [0.25, 0.3) is 0 Å². The number of aromatic amines is 1. The van der Waals surface area contributed by atoms with Crippen molar-refractivity contribution in [1.82, 2.24) is 34.8 Å². The van der Waals surface area contributed by atoms with Crippen LogP contribution in [0.1, 0.15) is 65.1 Å². The number of ketones is 2. The van der Waals surface area contributed by atoms with Crippen molar-refractivity contribution in [3.63, 3.8) is 0 Å². The molecule has 0 saturated heterocycles. The monoisotopic (exact) mass is 811 g/mol. The second-order valence-electron chi connectivity index (χ2n) is 15.3. The third-order valence-electron chi connectivity index (χ3n) is 9.58. The van der Waals surface area contributed by atoms with Gasteiger partial charge in [-0.05, 0) is 56.7 Å². The van der Waals surface area contributed by atoms with E-state index in [0.29, 0.717) is 78.7 Å². The molecule has 0 fully saturated rings. The molecule has 4 heterocycles. The Bertz CT molecular complexity index is 2950. The summed E-state index contributed by atoms with van der Waals surface area (Å²) in [5.74, 6) is 0.0921. The molecule has 61 heavy (non-hydrogen) atoms. The summed E-state index contributed by atoms with van der Waals surface area (Å²) in [7, 11) is 0. The molecule has 8 aromatic rings. The highest BCUT2D eigenvalue weighted by Crippen LogP contribution is 2.34. The highest BCUT2D eigenvalue weighted by molar-refractivity contribution is 6.19. The van der Waals surface area contributed by atoms with Crippen molar-refractivity contribution < 1.29 is 19.2 Å². The van der Waals surface area contributed by atoms with E-state index in [4.69, 9.17) is 0 Å². The second kappa shape index (κ2) is 16.6. The minimum Gasteiger partial charge on any atom is -0.345 e. The van der Waals surface area contributed by atoms with Gasteiger partial charge in [0, 0.05) is 58.7 Å².